The molecule has 0 bridgehead atoms. The molecular formula is C12H9N3O. The van der Waals surface area contributed by atoms with E-state index in [1.54, 1.807) is 24.3 Å². The van der Waals surface area contributed by atoms with Crippen molar-refractivity contribution in [2.45, 2.75) is 12.8 Å². The van der Waals surface area contributed by atoms with E-state index in [1.165, 1.54) is 0 Å². The second kappa shape index (κ2) is 3.67. The third-order valence-electron chi connectivity index (χ3n) is 2.67. The molecule has 16 heavy (non-hydrogen) atoms. The molecule has 4 heteroatoms. The minimum Gasteiger partial charge on any atom is -0.325 e. The zero-order valence-corrected chi connectivity index (χ0v) is 8.53. The van der Waals surface area contributed by atoms with Crippen LogP contribution in [0.4, 0.5) is 5.69 Å². The number of rotatable bonds is 2. The maximum Gasteiger partial charge on any atom is 0.244 e. The Morgan fingerprint density at radius 3 is 2.31 bits per heavy atom. The molecular weight excluding hydrogens is 202 g/mol. The van der Waals surface area contributed by atoms with Gasteiger partial charge in [0.05, 0.1) is 17.7 Å². The third kappa shape index (κ3) is 1.74. The van der Waals surface area contributed by atoms with Gasteiger partial charge in [0.15, 0.2) is 0 Å². The number of hydrogen-bond acceptors (Lipinski definition) is 3. The summed E-state index contributed by atoms with van der Waals surface area (Å²) in [5, 5.41) is 20.1. The molecule has 1 N–H and O–H groups in total. The van der Waals surface area contributed by atoms with Gasteiger partial charge >= 0.3 is 0 Å². The van der Waals surface area contributed by atoms with Crippen LogP contribution >= 0.6 is 0 Å². The molecule has 1 aliphatic rings. The first-order valence-corrected chi connectivity index (χ1v) is 4.93. The summed E-state index contributed by atoms with van der Waals surface area (Å²) in [5.41, 5.74) is 0.346. The van der Waals surface area contributed by atoms with Crippen molar-refractivity contribution in [2.24, 2.45) is 5.41 Å². The van der Waals surface area contributed by atoms with Crippen molar-refractivity contribution in [1.82, 2.24) is 0 Å². The molecule has 1 fully saturated rings. The van der Waals surface area contributed by atoms with E-state index in [4.69, 9.17) is 10.5 Å². The number of carbonyl (C=O) groups excluding carboxylic acids is 1. The van der Waals surface area contributed by atoms with Crippen LogP contribution in [-0.4, -0.2) is 5.91 Å². The third-order valence-corrected chi connectivity index (χ3v) is 2.67. The smallest absolute Gasteiger partial charge is 0.244 e. The zero-order valence-electron chi connectivity index (χ0n) is 8.53. The minimum absolute atomic E-state index is 0.250. The fourth-order valence-electron chi connectivity index (χ4n) is 1.39. The van der Waals surface area contributed by atoms with Crippen LogP contribution < -0.4 is 5.32 Å². The summed E-state index contributed by atoms with van der Waals surface area (Å²) in [6.07, 6.45) is 1.26. The van der Waals surface area contributed by atoms with Crippen LogP contribution in [0.2, 0.25) is 0 Å². The van der Waals surface area contributed by atoms with Gasteiger partial charge in [0.25, 0.3) is 0 Å². The van der Waals surface area contributed by atoms with E-state index in [9.17, 15) is 4.79 Å². The molecule has 0 heterocycles. The highest BCUT2D eigenvalue weighted by Crippen LogP contribution is 2.45. The molecule has 0 unspecified atom stereocenters. The summed E-state index contributed by atoms with van der Waals surface area (Å²) in [5.74, 6) is -0.250. The minimum atomic E-state index is -0.812. The standard InChI is InChI=1S/C12H9N3O/c13-7-9-1-3-10(4-2-9)15-11(16)12(8-14)5-6-12/h1-4H,5-6H2,(H,15,16). The van der Waals surface area contributed by atoms with Crippen LogP contribution in [0.25, 0.3) is 0 Å². The molecule has 0 saturated heterocycles. The molecule has 1 aliphatic carbocycles. The number of nitriles is 2. The predicted octanol–water partition coefficient (Wildman–Crippen LogP) is 1.80. The van der Waals surface area contributed by atoms with E-state index >= 15 is 0 Å². The van der Waals surface area contributed by atoms with Crippen molar-refractivity contribution < 1.29 is 4.79 Å². The highest BCUT2D eigenvalue weighted by atomic mass is 16.2. The lowest BCUT2D eigenvalue weighted by molar-refractivity contribution is -0.119. The lowest BCUT2D eigenvalue weighted by atomic mass is 10.1. The first kappa shape index (κ1) is 10.2. The van der Waals surface area contributed by atoms with E-state index in [0.717, 1.165) is 0 Å². The van der Waals surface area contributed by atoms with Crippen molar-refractivity contribution in [3.8, 4) is 12.1 Å². The summed E-state index contributed by atoms with van der Waals surface area (Å²) in [6.45, 7) is 0. The number of amides is 1. The first-order chi connectivity index (χ1) is 7.70. The highest BCUT2D eigenvalue weighted by Gasteiger charge is 2.50. The fourth-order valence-corrected chi connectivity index (χ4v) is 1.39. The molecule has 0 aromatic heterocycles. The average Bonchev–Trinajstić information content (AvgIpc) is 3.11. The highest BCUT2D eigenvalue weighted by molar-refractivity contribution is 5.99. The number of nitrogens with zero attached hydrogens (tertiary/aromatic N) is 2. The van der Waals surface area contributed by atoms with E-state index in [-0.39, 0.29) is 5.91 Å². The quantitative estimate of drug-likeness (QED) is 0.810. The maximum atomic E-state index is 11.7. The van der Waals surface area contributed by atoms with Gasteiger partial charge in [-0.3, -0.25) is 4.79 Å². The van der Waals surface area contributed by atoms with Crippen LogP contribution in [0.15, 0.2) is 24.3 Å². The topological polar surface area (TPSA) is 76.7 Å². The first-order valence-electron chi connectivity index (χ1n) is 4.93. The van der Waals surface area contributed by atoms with Gasteiger partial charge in [-0.05, 0) is 37.1 Å². The fraction of sp³-hybridized carbons (Fsp3) is 0.250. The van der Waals surface area contributed by atoms with Gasteiger partial charge in [0.1, 0.15) is 5.41 Å². The largest absolute Gasteiger partial charge is 0.325 e. The molecule has 2 rings (SSSR count). The summed E-state index contributed by atoms with van der Waals surface area (Å²) < 4.78 is 0. The SMILES string of the molecule is N#Cc1ccc(NC(=O)C2(C#N)CC2)cc1. The van der Waals surface area contributed by atoms with Crippen molar-refractivity contribution in [3.63, 3.8) is 0 Å². The second-order valence-electron chi connectivity index (χ2n) is 3.84. The Morgan fingerprint density at radius 1 is 1.25 bits per heavy atom. The van der Waals surface area contributed by atoms with E-state index < -0.39 is 5.41 Å². The molecule has 0 radical (unpaired) electrons. The monoisotopic (exact) mass is 211 g/mol. The summed E-state index contributed by atoms with van der Waals surface area (Å²) in [7, 11) is 0. The van der Waals surface area contributed by atoms with Crippen LogP contribution in [0.5, 0.6) is 0 Å². The molecule has 0 aliphatic heterocycles. The van der Waals surface area contributed by atoms with Gasteiger partial charge in [0, 0.05) is 5.69 Å². The lowest BCUT2D eigenvalue weighted by Gasteiger charge is -2.07. The van der Waals surface area contributed by atoms with Crippen molar-refractivity contribution >= 4 is 11.6 Å². The second-order valence-corrected chi connectivity index (χ2v) is 3.84. The van der Waals surface area contributed by atoms with Gasteiger partial charge < -0.3 is 5.32 Å². The number of benzene rings is 1. The van der Waals surface area contributed by atoms with E-state index in [0.29, 0.717) is 24.1 Å². The molecule has 78 valence electrons. The number of nitrogens with one attached hydrogen (secondary N) is 1. The van der Waals surface area contributed by atoms with E-state index in [1.807, 2.05) is 12.1 Å². The van der Waals surface area contributed by atoms with Crippen molar-refractivity contribution in [1.29, 1.82) is 10.5 Å². The van der Waals surface area contributed by atoms with Crippen LogP contribution in [-0.2, 0) is 4.79 Å². The summed E-state index contributed by atoms with van der Waals surface area (Å²) in [6, 6.07) is 10.6. The Bertz CT molecular complexity index is 501. The van der Waals surface area contributed by atoms with Gasteiger partial charge in [-0.25, -0.2) is 0 Å². The lowest BCUT2D eigenvalue weighted by Crippen LogP contribution is -2.22. The molecule has 0 atom stereocenters. The Balaban J connectivity index is 2.08. The van der Waals surface area contributed by atoms with Crippen LogP contribution in [0.1, 0.15) is 18.4 Å². The van der Waals surface area contributed by atoms with Gasteiger partial charge in [0.2, 0.25) is 5.91 Å². The number of anilines is 1. The van der Waals surface area contributed by atoms with Gasteiger partial charge in [-0.2, -0.15) is 10.5 Å². The van der Waals surface area contributed by atoms with Gasteiger partial charge in [-0.15, -0.1) is 0 Å². The van der Waals surface area contributed by atoms with Crippen molar-refractivity contribution in [3.05, 3.63) is 29.8 Å². The van der Waals surface area contributed by atoms with Crippen LogP contribution in [0, 0.1) is 28.1 Å². The Labute approximate surface area is 93.1 Å². The Kier molecular flexibility index (Phi) is 2.34. The predicted molar refractivity (Wildman–Crippen MR) is 57.1 cm³/mol. The Morgan fingerprint density at radius 2 is 1.88 bits per heavy atom. The molecule has 1 saturated carbocycles. The molecule has 4 nitrogen and oxygen atoms in total. The molecule has 0 spiro atoms. The average molecular weight is 211 g/mol. The normalized spacial score (nSPS) is 15.6. The molecule has 1 aromatic carbocycles. The van der Waals surface area contributed by atoms with Gasteiger partial charge in [-0.1, -0.05) is 0 Å². The Hall–Kier alpha value is -2.33. The zero-order chi connectivity index (χ0) is 11.6. The summed E-state index contributed by atoms with van der Waals surface area (Å²) >= 11 is 0. The summed E-state index contributed by atoms with van der Waals surface area (Å²) in [4.78, 5) is 11.7. The van der Waals surface area contributed by atoms with Crippen LogP contribution in [0.3, 0.4) is 0 Å². The molecule has 1 aromatic rings. The maximum absolute atomic E-state index is 11.7. The number of hydrogen-bond donors (Lipinski definition) is 1. The van der Waals surface area contributed by atoms with Crippen molar-refractivity contribution in [2.75, 3.05) is 5.32 Å². The molecule has 1 amide bonds. The number of carbonyl (C=O) groups is 1. The van der Waals surface area contributed by atoms with E-state index in [2.05, 4.69) is 5.32 Å².